The van der Waals surface area contributed by atoms with Crippen LogP contribution in [0.2, 0.25) is 0 Å². The van der Waals surface area contributed by atoms with E-state index in [2.05, 4.69) is 65.8 Å². The summed E-state index contributed by atoms with van der Waals surface area (Å²) in [7, 11) is 0. The van der Waals surface area contributed by atoms with E-state index in [1.165, 1.54) is 16.3 Å². The molecule has 0 aliphatic carbocycles. The van der Waals surface area contributed by atoms with E-state index in [1.807, 2.05) is 12.3 Å². The molecule has 0 saturated carbocycles. The van der Waals surface area contributed by atoms with Gasteiger partial charge in [-0.1, -0.05) is 55.8 Å². The van der Waals surface area contributed by atoms with E-state index in [1.54, 1.807) is 11.3 Å². The van der Waals surface area contributed by atoms with Crippen LogP contribution < -0.4 is 0 Å². The molecule has 4 aromatic rings. The second-order valence-electron chi connectivity index (χ2n) is 5.85. The monoisotopic (exact) mass is 410 g/mol. The van der Waals surface area contributed by atoms with Gasteiger partial charge in [0.1, 0.15) is 5.01 Å². The Labute approximate surface area is 162 Å². The number of pyridine rings is 1. The number of hydrogen-bond acceptors (Lipinski definition) is 3. The van der Waals surface area contributed by atoms with Crippen LogP contribution in [0.3, 0.4) is 0 Å². The zero-order valence-electron chi connectivity index (χ0n) is 14.0. The van der Waals surface area contributed by atoms with Crippen molar-refractivity contribution in [3.63, 3.8) is 0 Å². The van der Waals surface area contributed by atoms with Gasteiger partial charge in [0.15, 0.2) is 0 Å². The van der Waals surface area contributed by atoms with E-state index in [-0.39, 0.29) is 17.0 Å². The molecule has 2 heterocycles. The van der Waals surface area contributed by atoms with Crippen molar-refractivity contribution in [1.82, 2.24) is 9.97 Å². The van der Waals surface area contributed by atoms with E-state index in [4.69, 9.17) is 4.98 Å². The summed E-state index contributed by atoms with van der Waals surface area (Å²) in [5.74, 6) is 0. The van der Waals surface area contributed by atoms with Crippen molar-refractivity contribution in [1.29, 1.82) is 0 Å². The van der Waals surface area contributed by atoms with Crippen LogP contribution in [0.15, 0.2) is 66.2 Å². The lowest BCUT2D eigenvalue weighted by atomic mass is 10.0. The fourth-order valence-corrected chi connectivity index (χ4v) is 3.80. The number of aryl methyl sites for hydroxylation is 1. The van der Waals surface area contributed by atoms with Crippen molar-refractivity contribution in [3.05, 3.63) is 71.9 Å². The van der Waals surface area contributed by atoms with E-state index in [0.29, 0.717) is 0 Å². The quantitative estimate of drug-likeness (QED) is 0.380. The Hall–Kier alpha value is -2.04. The van der Waals surface area contributed by atoms with Gasteiger partial charge in [0.25, 0.3) is 0 Å². The maximum Gasteiger partial charge on any atom is 0.124 e. The number of halogens is 1. The number of fused-ring (bicyclic) bond motifs is 1. The number of thiazole rings is 1. The van der Waals surface area contributed by atoms with E-state index < -0.39 is 0 Å². The molecule has 0 spiro atoms. The first kappa shape index (κ1) is 17.8. The highest BCUT2D eigenvalue weighted by Gasteiger charge is 2.10. The summed E-state index contributed by atoms with van der Waals surface area (Å²) in [4.78, 5) is 9.33. The molecule has 0 aliphatic heterocycles. The van der Waals surface area contributed by atoms with Gasteiger partial charge in [0.2, 0.25) is 0 Å². The Balaban J connectivity index is 0.00000182. The Kier molecular flexibility index (Phi) is 5.61. The predicted octanol–water partition coefficient (Wildman–Crippen LogP) is 6.56. The molecule has 2 aromatic heterocycles. The Bertz CT molecular complexity index is 989. The van der Waals surface area contributed by atoms with E-state index in [0.717, 1.165) is 34.8 Å². The van der Waals surface area contributed by atoms with Gasteiger partial charge >= 0.3 is 0 Å². The molecule has 2 nitrogen and oxygen atoms in total. The number of rotatable bonds is 4. The average Bonchev–Trinajstić information content (AvgIpc) is 3.12. The van der Waals surface area contributed by atoms with Crippen LogP contribution >= 0.6 is 28.3 Å². The van der Waals surface area contributed by atoms with Crippen molar-refractivity contribution in [2.24, 2.45) is 0 Å². The van der Waals surface area contributed by atoms with Gasteiger partial charge in [-0.05, 0) is 29.3 Å². The lowest BCUT2D eigenvalue weighted by Crippen LogP contribution is -1.89. The molecule has 0 saturated heterocycles. The van der Waals surface area contributed by atoms with Crippen LogP contribution in [0, 0.1) is 0 Å². The largest absolute Gasteiger partial charge is 0.261 e. The third kappa shape index (κ3) is 3.65. The van der Waals surface area contributed by atoms with E-state index >= 15 is 0 Å². The average molecular weight is 411 g/mol. The molecule has 0 N–H and O–H groups in total. The SMILES string of the molecule is Br.CCCc1cc(-c2nc(-c3cccc4ccccc34)cs2)ccn1. The standard InChI is InChI=1S/C21H18N2S.BrH/c1-2-6-17-13-16(11-12-22-17)21-23-20(14-24-21)19-10-5-8-15-7-3-4-9-18(15)19;/h3-5,7-14H,2,6H2,1H3;1H. The third-order valence-corrected chi connectivity index (χ3v) is 5.03. The number of benzene rings is 2. The van der Waals surface area contributed by atoms with Gasteiger partial charge in [-0.25, -0.2) is 4.98 Å². The van der Waals surface area contributed by atoms with Crippen molar-refractivity contribution in [3.8, 4) is 21.8 Å². The molecule has 2 aromatic carbocycles. The van der Waals surface area contributed by atoms with Gasteiger partial charge < -0.3 is 0 Å². The smallest absolute Gasteiger partial charge is 0.124 e. The predicted molar refractivity (Wildman–Crippen MR) is 113 cm³/mol. The summed E-state index contributed by atoms with van der Waals surface area (Å²) in [5.41, 5.74) is 4.53. The lowest BCUT2D eigenvalue weighted by molar-refractivity contribution is 0.883. The zero-order chi connectivity index (χ0) is 16.4. The molecule has 0 amide bonds. The molecule has 0 radical (unpaired) electrons. The Morgan fingerprint density at radius 3 is 2.72 bits per heavy atom. The normalized spacial score (nSPS) is 10.6. The van der Waals surface area contributed by atoms with Gasteiger partial charge in [0.05, 0.1) is 5.69 Å². The molecule has 0 fully saturated rings. The first-order valence-corrected chi connectivity index (χ1v) is 9.12. The van der Waals surface area contributed by atoms with Crippen molar-refractivity contribution in [2.75, 3.05) is 0 Å². The topological polar surface area (TPSA) is 25.8 Å². The molecule has 0 bridgehead atoms. The molecular weight excluding hydrogens is 392 g/mol. The maximum atomic E-state index is 4.89. The van der Waals surface area contributed by atoms with Gasteiger partial charge in [0, 0.05) is 28.4 Å². The Morgan fingerprint density at radius 2 is 1.84 bits per heavy atom. The molecule has 0 unspecified atom stereocenters. The highest BCUT2D eigenvalue weighted by Crippen LogP contribution is 2.32. The second kappa shape index (κ2) is 7.89. The third-order valence-electron chi connectivity index (χ3n) is 4.14. The first-order chi connectivity index (χ1) is 11.8. The molecule has 4 rings (SSSR count). The molecule has 4 heteroatoms. The first-order valence-electron chi connectivity index (χ1n) is 8.24. The minimum Gasteiger partial charge on any atom is -0.261 e. The number of hydrogen-bond donors (Lipinski definition) is 0. The van der Waals surface area contributed by atoms with Gasteiger partial charge in [-0.2, -0.15) is 0 Å². The van der Waals surface area contributed by atoms with E-state index in [9.17, 15) is 0 Å². The van der Waals surface area contributed by atoms with Crippen molar-refractivity contribution in [2.45, 2.75) is 19.8 Å². The van der Waals surface area contributed by atoms with Crippen molar-refractivity contribution >= 4 is 39.1 Å². The maximum absolute atomic E-state index is 4.89. The molecule has 0 aliphatic rings. The Morgan fingerprint density at radius 1 is 1.00 bits per heavy atom. The van der Waals surface area contributed by atoms with Crippen LogP contribution in [0.4, 0.5) is 0 Å². The van der Waals surface area contributed by atoms with Crippen LogP contribution in [0.25, 0.3) is 32.6 Å². The summed E-state index contributed by atoms with van der Waals surface area (Å²) in [6.07, 6.45) is 4.00. The van der Waals surface area contributed by atoms with Crippen LogP contribution in [-0.4, -0.2) is 9.97 Å². The lowest BCUT2D eigenvalue weighted by Gasteiger charge is -2.04. The molecule has 25 heavy (non-hydrogen) atoms. The number of aromatic nitrogens is 2. The summed E-state index contributed by atoms with van der Waals surface area (Å²) in [5, 5.41) is 5.70. The molecule has 126 valence electrons. The van der Waals surface area contributed by atoms with Crippen LogP contribution in [0.1, 0.15) is 19.0 Å². The summed E-state index contributed by atoms with van der Waals surface area (Å²) < 4.78 is 0. The summed E-state index contributed by atoms with van der Waals surface area (Å²) in [6.45, 7) is 2.18. The van der Waals surface area contributed by atoms with Gasteiger partial charge in [-0.15, -0.1) is 28.3 Å². The van der Waals surface area contributed by atoms with Crippen LogP contribution in [-0.2, 0) is 6.42 Å². The van der Waals surface area contributed by atoms with Crippen LogP contribution in [0.5, 0.6) is 0 Å². The van der Waals surface area contributed by atoms with Gasteiger partial charge in [-0.3, -0.25) is 4.98 Å². The van der Waals surface area contributed by atoms with Crippen molar-refractivity contribution < 1.29 is 0 Å². The highest BCUT2D eigenvalue weighted by atomic mass is 79.9. The summed E-state index contributed by atoms with van der Waals surface area (Å²) >= 11 is 1.69. The minimum absolute atomic E-state index is 0. The highest BCUT2D eigenvalue weighted by molar-refractivity contribution is 8.93. The fraction of sp³-hybridized carbons (Fsp3) is 0.143. The zero-order valence-corrected chi connectivity index (χ0v) is 16.5. The molecular formula is C21H19BrN2S. The number of nitrogens with zero attached hydrogens (tertiary/aromatic N) is 2. The second-order valence-corrected chi connectivity index (χ2v) is 6.71. The molecule has 0 atom stereocenters. The fourth-order valence-electron chi connectivity index (χ4n) is 2.98. The summed E-state index contributed by atoms with van der Waals surface area (Å²) in [6, 6.07) is 19.1. The minimum atomic E-state index is 0.